The van der Waals surface area contributed by atoms with E-state index in [9.17, 15) is 5.11 Å². The smallest absolute Gasteiger partial charge is 0.392 e. The van der Waals surface area contributed by atoms with E-state index in [1.807, 2.05) is 62.4 Å². The maximum absolute atomic E-state index is 10.3. The topological polar surface area (TPSA) is 55.7 Å². The number of aryl methyl sites for hydroxylation is 3. The highest BCUT2D eigenvalue weighted by Gasteiger charge is 2.19. The van der Waals surface area contributed by atoms with E-state index in [4.69, 9.17) is 12.9 Å². The summed E-state index contributed by atoms with van der Waals surface area (Å²) in [7, 11) is -1.93. The lowest BCUT2D eigenvalue weighted by atomic mass is 9.97. The van der Waals surface area contributed by atoms with Crippen LogP contribution in [-0.4, -0.2) is 5.11 Å². The van der Waals surface area contributed by atoms with Gasteiger partial charge in [-0.3, -0.25) is 0 Å². The summed E-state index contributed by atoms with van der Waals surface area (Å²) >= 11 is 0. The van der Waals surface area contributed by atoms with Crippen LogP contribution >= 0.6 is 8.24 Å². The third-order valence-electron chi connectivity index (χ3n) is 6.87. The van der Waals surface area contributed by atoms with Gasteiger partial charge < -0.3 is 18.0 Å². The molecule has 1 aromatic heterocycles. The van der Waals surface area contributed by atoms with Gasteiger partial charge in [-0.25, -0.2) is 0 Å². The van der Waals surface area contributed by atoms with Crippen LogP contribution in [0, 0.1) is 20.8 Å². The van der Waals surface area contributed by atoms with Gasteiger partial charge in [0.2, 0.25) is 0 Å². The van der Waals surface area contributed by atoms with Crippen molar-refractivity contribution in [3.8, 4) is 28.0 Å². The van der Waals surface area contributed by atoms with Crippen LogP contribution in [0.15, 0.2) is 112 Å². The molecule has 0 spiro atoms. The Labute approximate surface area is 228 Å². The predicted octanol–water partition coefficient (Wildman–Crippen LogP) is 9.88. The Morgan fingerprint density at radius 2 is 1.18 bits per heavy atom. The molecular weight excluding hydrogens is 503 g/mol. The molecule has 194 valence electrons. The summed E-state index contributed by atoms with van der Waals surface area (Å²) in [6, 6.07) is 34.8. The Hall–Kier alpha value is -4.24. The number of rotatable bonds is 5. The quantitative estimate of drug-likeness (QED) is 0.240. The highest BCUT2D eigenvalue weighted by molar-refractivity contribution is 7.32. The molecule has 0 aliphatic carbocycles. The van der Waals surface area contributed by atoms with Crippen LogP contribution in [0.4, 0.5) is 0 Å². The second kappa shape index (κ2) is 10.5. The van der Waals surface area contributed by atoms with Gasteiger partial charge in [0.1, 0.15) is 5.58 Å². The van der Waals surface area contributed by atoms with E-state index in [0.29, 0.717) is 16.9 Å². The van der Waals surface area contributed by atoms with E-state index in [1.54, 1.807) is 0 Å². The average Bonchev–Trinajstić information content (AvgIpc) is 3.10. The van der Waals surface area contributed by atoms with Gasteiger partial charge in [-0.1, -0.05) is 84.9 Å². The van der Waals surface area contributed by atoms with Gasteiger partial charge >= 0.3 is 8.24 Å². The molecular formula is C34H29O4P. The van der Waals surface area contributed by atoms with Crippen molar-refractivity contribution >= 4 is 30.2 Å². The predicted molar refractivity (Wildman–Crippen MR) is 160 cm³/mol. The highest BCUT2D eigenvalue weighted by Crippen LogP contribution is 2.46. The summed E-state index contributed by atoms with van der Waals surface area (Å²) in [4.78, 5) is 0. The molecule has 5 aromatic carbocycles. The Morgan fingerprint density at radius 1 is 0.641 bits per heavy atom. The van der Waals surface area contributed by atoms with Crippen molar-refractivity contribution in [2.24, 2.45) is 0 Å². The van der Waals surface area contributed by atoms with E-state index >= 15 is 0 Å². The Kier molecular flexibility index (Phi) is 6.74. The van der Waals surface area contributed by atoms with E-state index in [0.717, 1.165) is 55.3 Å². The molecule has 0 aliphatic rings. The van der Waals surface area contributed by atoms with E-state index < -0.39 is 8.24 Å². The first kappa shape index (κ1) is 25.1. The van der Waals surface area contributed by atoms with Gasteiger partial charge in [0.15, 0.2) is 11.3 Å². The zero-order chi connectivity index (χ0) is 26.9. The normalized spacial score (nSPS) is 11.6. The van der Waals surface area contributed by atoms with Gasteiger partial charge in [0.25, 0.3) is 0 Å². The van der Waals surface area contributed by atoms with Gasteiger partial charge in [0, 0.05) is 27.5 Å². The number of aliphatic hydroxyl groups excluding tert-OH is 1. The van der Waals surface area contributed by atoms with Crippen LogP contribution in [-0.2, 0) is 6.61 Å². The highest BCUT2D eigenvalue weighted by atomic mass is 31.1. The lowest BCUT2D eigenvalue weighted by Crippen LogP contribution is -1.90. The molecule has 0 bridgehead atoms. The summed E-state index contributed by atoms with van der Waals surface area (Å²) in [5.74, 6) is 0.688. The molecule has 1 heterocycles. The molecule has 1 atom stereocenters. The van der Waals surface area contributed by atoms with Crippen molar-refractivity contribution in [1.29, 1.82) is 0 Å². The molecule has 1 unspecified atom stereocenters. The number of hydrogen-bond donors (Lipinski definition) is 1. The first-order chi connectivity index (χ1) is 19.0. The summed E-state index contributed by atoms with van der Waals surface area (Å²) in [6.45, 7) is 5.99. The molecule has 39 heavy (non-hydrogen) atoms. The second-order valence-electron chi connectivity index (χ2n) is 9.83. The average molecular weight is 533 g/mol. The maximum Gasteiger partial charge on any atom is 0.453 e. The van der Waals surface area contributed by atoms with Gasteiger partial charge in [-0.05, 0) is 66.8 Å². The molecule has 5 heteroatoms. The van der Waals surface area contributed by atoms with Crippen LogP contribution in [0.2, 0.25) is 0 Å². The van der Waals surface area contributed by atoms with E-state index in [1.165, 1.54) is 0 Å². The van der Waals surface area contributed by atoms with Crippen molar-refractivity contribution in [2.45, 2.75) is 27.4 Å². The fourth-order valence-corrected chi connectivity index (χ4v) is 6.37. The zero-order valence-electron chi connectivity index (χ0n) is 22.1. The number of para-hydroxylation sites is 1. The summed E-state index contributed by atoms with van der Waals surface area (Å²) < 4.78 is 19.9. The largest absolute Gasteiger partial charge is 0.453 e. The third-order valence-corrected chi connectivity index (χ3v) is 7.87. The second-order valence-corrected chi connectivity index (χ2v) is 10.8. The Balaban J connectivity index is 1.67. The molecule has 0 saturated heterocycles. The third kappa shape index (κ3) is 4.85. The maximum atomic E-state index is 10.3. The van der Waals surface area contributed by atoms with Crippen LogP contribution in [0.1, 0.15) is 22.3 Å². The number of fused-ring (bicyclic) bond motifs is 3. The lowest BCUT2D eigenvalue weighted by Gasteiger charge is -2.14. The minimum absolute atomic E-state index is 0.150. The zero-order valence-corrected chi connectivity index (χ0v) is 23.0. The molecule has 6 rings (SSSR count). The Bertz CT molecular complexity index is 1780. The molecule has 0 aliphatic heterocycles. The van der Waals surface area contributed by atoms with Crippen molar-refractivity contribution in [3.63, 3.8) is 0 Å². The lowest BCUT2D eigenvalue weighted by molar-refractivity contribution is 0.282. The Morgan fingerprint density at radius 3 is 1.77 bits per heavy atom. The summed E-state index contributed by atoms with van der Waals surface area (Å²) in [5, 5.41) is 12.1. The van der Waals surface area contributed by atoms with Crippen LogP contribution < -0.4 is 4.52 Å². The molecule has 0 radical (unpaired) electrons. The van der Waals surface area contributed by atoms with Crippen LogP contribution in [0.3, 0.4) is 0 Å². The van der Waals surface area contributed by atoms with Gasteiger partial charge in [-0.15, -0.1) is 0 Å². The fraction of sp³-hybridized carbons (Fsp3) is 0.118. The standard InChI is InChI=1S/C34H29O4P/c1-22-17-24(3)32-30(19-22)31-20-23(2)18-27(21-35)33(31)37-39(36-32)38-34-28(25-11-6-4-7-12-25)15-10-16-29(34)26-13-8-5-9-14-26/h4-20,35H,21H2,1-3H3. The van der Waals surface area contributed by atoms with Crippen LogP contribution in [0.5, 0.6) is 5.75 Å². The van der Waals surface area contributed by atoms with Gasteiger partial charge in [0.05, 0.1) is 6.61 Å². The number of benzene rings is 5. The van der Waals surface area contributed by atoms with E-state index in [2.05, 4.69) is 61.5 Å². The van der Waals surface area contributed by atoms with Crippen molar-refractivity contribution < 1.29 is 18.0 Å². The number of hydrogen-bond acceptors (Lipinski definition) is 4. The molecule has 0 fully saturated rings. The van der Waals surface area contributed by atoms with Gasteiger partial charge in [-0.2, -0.15) is 0 Å². The summed E-state index contributed by atoms with van der Waals surface area (Å²) in [5.41, 5.74) is 9.17. The number of aliphatic hydroxyl groups is 1. The fourth-order valence-electron chi connectivity index (χ4n) is 5.15. The van der Waals surface area contributed by atoms with Crippen LogP contribution in [0.25, 0.3) is 44.2 Å². The minimum atomic E-state index is -1.93. The van der Waals surface area contributed by atoms with Crippen molar-refractivity contribution in [3.05, 3.63) is 125 Å². The van der Waals surface area contributed by atoms with Crippen molar-refractivity contribution in [2.75, 3.05) is 0 Å². The van der Waals surface area contributed by atoms with E-state index in [-0.39, 0.29) is 6.61 Å². The SMILES string of the molecule is Cc1cc(C)c2op(Oc3c(-c4ccccc4)cccc3-c3ccccc3)oc3c(CO)cc(C)cc3c2c1. The molecule has 6 aromatic rings. The molecule has 1 N–H and O–H groups in total. The molecule has 0 saturated carbocycles. The monoisotopic (exact) mass is 532 g/mol. The van der Waals surface area contributed by atoms with Crippen molar-refractivity contribution in [1.82, 2.24) is 0 Å². The molecule has 4 nitrogen and oxygen atoms in total. The first-order valence-electron chi connectivity index (χ1n) is 13.0. The molecule has 0 amide bonds. The first-order valence-corrected chi connectivity index (χ1v) is 14.1. The summed E-state index contributed by atoms with van der Waals surface area (Å²) in [6.07, 6.45) is 0. The minimum Gasteiger partial charge on any atom is -0.392 e.